The van der Waals surface area contributed by atoms with Gasteiger partial charge in [0.15, 0.2) is 0 Å². The topological polar surface area (TPSA) is 58.6 Å². The molecule has 0 heterocycles. The first-order chi connectivity index (χ1) is 13.9. The number of rotatable bonds is 6. The minimum atomic E-state index is -0.289. The molecule has 0 bridgehead atoms. The molecule has 3 aromatic carbocycles. The molecule has 0 aliphatic heterocycles. The van der Waals surface area contributed by atoms with Crippen LogP contribution in [0.2, 0.25) is 5.02 Å². The molecule has 0 fully saturated rings. The molecule has 0 aromatic heterocycles. The molecule has 0 aliphatic carbocycles. The summed E-state index contributed by atoms with van der Waals surface area (Å²) in [6.45, 7) is 0.322. The third kappa shape index (κ3) is 5.36. The van der Waals surface area contributed by atoms with E-state index < -0.39 is 0 Å². The molecular formula is C23H21ClN2O3. The number of benzene rings is 3. The minimum absolute atomic E-state index is 0.0937. The van der Waals surface area contributed by atoms with Crippen molar-refractivity contribution >= 4 is 29.1 Å². The Morgan fingerprint density at radius 3 is 2.24 bits per heavy atom. The Bertz CT molecular complexity index is 999. The van der Waals surface area contributed by atoms with Gasteiger partial charge in [-0.1, -0.05) is 35.9 Å². The smallest absolute Gasteiger partial charge is 0.259 e. The number of hydrogen-bond donors (Lipinski definition) is 1. The standard InChI is InChI=1S/C23H21ClN2O3/c1-26(2)23(28)17-9-13-19(14-10-17)25-22(27)20-5-3-4-6-21(20)29-15-16-7-11-18(24)12-8-16/h3-14H,15H2,1-2H3,(H,25,27). The summed E-state index contributed by atoms with van der Waals surface area (Å²) in [4.78, 5) is 26.2. The lowest BCUT2D eigenvalue weighted by Gasteiger charge is -2.13. The molecule has 2 amide bonds. The average Bonchev–Trinajstić information content (AvgIpc) is 2.73. The molecule has 3 rings (SSSR count). The molecule has 0 spiro atoms. The van der Waals surface area contributed by atoms with Gasteiger partial charge in [0, 0.05) is 30.4 Å². The average molecular weight is 409 g/mol. The molecule has 0 aliphatic rings. The summed E-state index contributed by atoms with van der Waals surface area (Å²) >= 11 is 5.90. The molecule has 0 radical (unpaired) electrons. The number of ether oxygens (including phenoxy) is 1. The normalized spacial score (nSPS) is 10.3. The number of nitrogens with zero attached hydrogens (tertiary/aromatic N) is 1. The molecule has 29 heavy (non-hydrogen) atoms. The number of amides is 2. The summed E-state index contributed by atoms with van der Waals surface area (Å²) in [7, 11) is 3.39. The van der Waals surface area contributed by atoms with Crippen molar-refractivity contribution in [3.63, 3.8) is 0 Å². The van der Waals surface area contributed by atoms with Gasteiger partial charge in [-0.25, -0.2) is 0 Å². The van der Waals surface area contributed by atoms with Crippen molar-refractivity contribution in [3.05, 3.63) is 94.5 Å². The highest BCUT2D eigenvalue weighted by molar-refractivity contribution is 6.30. The van der Waals surface area contributed by atoms with Gasteiger partial charge in [0.1, 0.15) is 12.4 Å². The van der Waals surface area contributed by atoms with Crippen LogP contribution in [0, 0.1) is 0 Å². The van der Waals surface area contributed by atoms with Crippen LogP contribution in [0.3, 0.4) is 0 Å². The Hall–Kier alpha value is -3.31. The van der Waals surface area contributed by atoms with E-state index in [0.29, 0.717) is 34.2 Å². The van der Waals surface area contributed by atoms with Gasteiger partial charge in [-0.2, -0.15) is 0 Å². The second-order valence-electron chi connectivity index (χ2n) is 6.64. The molecular weight excluding hydrogens is 388 g/mol. The van der Waals surface area contributed by atoms with Crippen molar-refractivity contribution < 1.29 is 14.3 Å². The number of nitrogens with one attached hydrogen (secondary N) is 1. The van der Waals surface area contributed by atoms with E-state index in [-0.39, 0.29) is 11.8 Å². The number of carbonyl (C=O) groups is 2. The molecule has 5 nitrogen and oxygen atoms in total. The SMILES string of the molecule is CN(C)C(=O)c1ccc(NC(=O)c2ccccc2OCc2ccc(Cl)cc2)cc1. The van der Waals surface area contributed by atoms with E-state index in [1.54, 1.807) is 68.7 Å². The van der Waals surface area contributed by atoms with E-state index in [4.69, 9.17) is 16.3 Å². The Labute approximate surface area is 174 Å². The molecule has 0 atom stereocenters. The summed E-state index contributed by atoms with van der Waals surface area (Å²) in [6.07, 6.45) is 0. The van der Waals surface area contributed by atoms with Gasteiger partial charge in [0.25, 0.3) is 11.8 Å². The number of carbonyl (C=O) groups excluding carboxylic acids is 2. The monoisotopic (exact) mass is 408 g/mol. The Morgan fingerprint density at radius 2 is 1.59 bits per heavy atom. The third-order valence-corrected chi connectivity index (χ3v) is 4.49. The van der Waals surface area contributed by atoms with Crippen LogP contribution in [0.1, 0.15) is 26.3 Å². The molecule has 148 valence electrons. The maximum absolute atomic E-state index is 12.7. The lowest BCUT2D eigenvalue weighted by atomic mass is 10.1. The van der Waals surface area contributed by atoms with Gasteiger partial charge < -0.3 is 15.0 Å². The first-order valence-corrected chi connectivity index (χ1v) is 9.41. The van der Waals surface area contributed by atoms with E-state index >= 15 is 0 Å². The fourth-order valence-electron chi connectivity index (χ4n) is 2.67. The minimum Gasteiger partial charge on any atom is -0.488 e. The summed E-state index contributed by atoms with van der Waals surface area (Å²) in [5.74, 6) is 0.103. The van der Waals surface area contributed by atoms with Crippen molar-refractivity contribution in [1.29, 1.82) is 0 Å². The predicted octanol–water partition coefficient (Wildman–Crippen LogP) is 4.87. The van der Waals surface area contributed by atoms with E-state index in [0.717, 1.165) is 5.56 Å². The number of halogens is 1. The molecule has 3 aromatic rings. The quantitative estimate of drug-likeness (QED) is 0.632. The lowest BCUT2D eigenvalue weighted by molar-refractivity contribution is 0.0827. The van der Waals surface area contributed by atoms with Crippen LogP contribution in [-0.4, -0.2) is 30.8 Å². The van der Waals surface area contributed by atoms with E-state index in [9.17, 15) is 9.59 Å². The maximum Gasteiger partial charge on any atom is 0.259 e. The van der Waals surface area contributed by atoms with Crippen LogP contribution < -0.4 is 10.1 Å². The van der Waals surface area contributed by atoms with Crippen LogP contribution in [0.25, 0.3) is 0 Å². The van der Waals surface area contributed by atoms with Gasteiger partial charge in [-0.15, -0.1) is 0 Å². The van der Waals surface area contributed by atoms with Gasteiger partial charge in [-0.05, 0) is 54.1 Å². The second kappa shape index (κ2) is 9.26. The van der Waals surface area contributed by atoms with E-state index in [2.05, 4.69) is 5.32 Å². The predicted molar refractivity (Wildman–Crippen MR) is 115 cm³/mol. The zero-order chi connectivity index (χ0) is 20.8. The number of anilines is 1. The van der Waals surface area contributed by atoms with Crippen LogP contribution in [0.4, 0.5) is 5.69 Å². The van der Waals surface area contributed by atoms with Crippen LogP contribution in [0.15, 0.2) is 72.8 Å². The van der Waals surface area contributed by atoms with Crippen molar-refractivity contribution in [3.8, 4) is 5.75 Å². The van der Waals surface area contributed by atoms with Crippen LogP contribution >= 0.6 is 11.6 Å². The second-order valence-corrected chi connectivity index (χ2v) is 7.08. The van der Waals surface area contributed by atoms with Gasteiger partial charge in [0.05, 0.1) is 5.56 Å². The Kier molecular flexibility index (Phi) is 6.52. The highest BCUT2D eigenvalue weighted by Gasteiger charge is 2.13. The summed E-state index contributed by atoms with van der Waals surface area (Å²) in [5.41, 5.74) is 2.53. The molecule has 0 saturated carbocycles. The van der Waals surface area contributed by atoms with Crippen molar-refractivity contribution in [2.24, 2.45) is 0 Å². The van der Waals surface area contributed by atoms with Crippen molar-refractivity contribution in [2.75, 3.05) is 19.4 Å². The van der Waals surface area contributed by atoms with Gasteiger partial charge >= 0.3 is 0 Å². The summed E-state index contributed by atoms with van der Waals surface area (Å²) in [6, 6.07) is 21.2. The fourth-order valence-corrected chi connectivity index (χ4v) is 2.80. The first-order valence-electron chi connectivity index (χ1n) is 9.03. The van der Waals surface area contributed by atoms with Crippen molar-refractivity contribution in [2.45, 2.75) is 6.61 Å². The molecule has 6 heteroatoms. The van der Waals surface area contributed by atoms with Crippen molar-refractivity contribution in [1.82, 2.24) is 4.90 Å². The highest BCUT2D eigenvalue weighted by atomic mass is 35.5. The largest absolute Gasteiger partial charge is 0.488 e. The Morgan fingerprint density at radius 1 is 0.931 bits per heavy atom. The molecule has 0 unspecified atom stereocenters. The number of hydrogen-bond acceptors (Lipinski definition) is 3. The summed E-state index contributed by atoms with van der Waals surface area (Å²) in [5, 5.41) is 3.50. The van der Waals surface area contributed by atoms with E-state index in [1.807, 2.05) is 18.2 Å². The number of para-hydroxylation sites is 1. The van der Waals surface area contributed by atoms with E-state index in [1.165, 1.54) is 4.90 Å². The van der Waals surface area contributed by atoms with Crippen LogP contribution in [-0.2, 0) is 6.61 Å². The first kappa shape index (κ1) is 20.4. The maximum atomic E-state index is 12.7. The molecule has 1 N–H and O–H groups in total. The third-order valence-electron chi connectivity index (χ3n) is 4.24. The lowest BCUT2D eigenvalue weighted by Crippen LogP contribution is -2.21. The highest BCUT2D eigenvalue weighted by Crippen LogP contribution is 2.22. The van der Waals surface area contributed by atoms with Gasteiger partial charge in [0.2, 0.25) is 0 Å². The summed E-state index contributed by atoms with van der Waals surface area (Å²) < 4.78 is 5.84. The van der Waals surface area contributed by atoms with Gasteiger partial charge in [-0.3, -0.25) is 9.59 Å². The molecule has 0 saturated heterocycles. The van der Waals surface area contributed by atoms with Crippen LogP contribution in [0.5, 0.6) is 5.75 Å². The Balaban J connectivity index is 1.69. The zero-order valence-corrected chi connectivity index (χ0v) is 16.9. The zero-order valence-electron chi connectivity index (χ0n) is 16.2. The fraction of sp³-hybridized carbons (Fsp3) is 0.130.